The highest BCUT2D eigenvalue weighted by atomic mass is 32.1. The summed E-state index contributed by atoms with van der Waals surface area (Å²) in [5, 5.41) is 6.79. The second-order valence-electron chi connectivity index (χ2n) is 5.51. The number of aromatic nitrogens is 1. The van der Waals surface area contributed by atoms with Gasteiger partial charge in [-0.25, -0.2) is 4.98 Å². The summed E-state index contributed by atoms with van der Waals surface area (Å²) in [7, 11) is 5.90. The summed E-state index contributed by atoms with van der Waals surface area (Å²) in [5.74, 6) is 0.876. The topological polar surface area (TPSA) is 37.4 Å². The van der Waals surface area contributed by atoms with Gasteiger partial charge in [-0.1, -0.05) is 0 Å². The zero-order valence-corrected chi connectivity index (χ0v) is 14.4. The largest absolute Gasteiger partial charge is 0.497 e. The van der Waals surface area contributed by atoms with Crippen molar-refractivity contribution in [3.8, 4) is 17.0 Å². The molecule has 0 amide bonds. The van der Waals surface area contributed by atoms with Crippen LogP contribution in [0.4, 0.5) is 0 Å². The third kappa shape index (κ3) is 5.40. The lowest BCUT2D eigenvalue weighted by Crippen LogP contribution is -2.23. The Morgan fingerprint density at radius 3 is 2.64 bits per heavy atom. The van der Waals surface area contributed by atoms with E-state index in [2.05, 4.69) is 41.8 Å². The summed E-state index contributed by atoms with van der Waals surface area (Å²) in [6, 6.07) is 8.05. The van der Waals surface area contributed by atoms with E-state index >= 15 is 0 Å². The van der Waals surface area contributed by atoms with Crippen molar-refractivity contribution in [3.05, 3.63) is 34.7 Å². The number of benzene rings is 1. The van der Waals surface area contributed by atoms with Gasteiger partial charge in [0.25, 0.3) is 0 Å². The van der Waals surface area contributed by atoms with E-state index in [1.807, 2.05) is 12.1 Å². The lowest BCUT2D eigenvalue weighted by molar-refractivity contribution is 0.395. The molecule has 1 aromatic carbocycles. The van der Waals surface area contributed by atoms with Gasteiger partial charge in [-0.2, -0.15) is 0 Å². The maximum atomic E-state index is 5.18. The maximum absolute atomic E-state index is 5.18. The average molecular weight is 319 g/mol. The van der Waals surface area contributed by atoms with Gasteiger partial charge >= 0.3 is 0 Å². The van der Waals surface area contributed by atoms with Crippen molar-refractivity contribution < 1.29 is 4.74 Å². The van der Waals surface area contributed by atoms with Crippen molar-refractivity contribution in [2.24, 2.45) is 0 Å². The predicted molar refractivity (Wildman–Crippen MR) is 93.8 cm³/mol. The van der Waals surface area contributed by atoms with E-state index in [-0.39, 0.29) is 0 Å². The Balaban J connectivity index is 1.76. The van der Waals surface area contributed by atoms with Crippen molar-refractivity contribution in [1.82, 2.24) is 15.2 Å². The summed E-state index contributed by atoms with van der Waals surface area (Å²) in [6.07, 6.45) is 2.17. The predicted octanol–water partition coefficient (Wildman–Crippen LogP) is 2.90. The lowest BCUT2D eigenvalue weighted by atomic mass is 10.2. The SMILES string of the molecule is COc1ccc(-c2csc(CCNCCCN(C)C)n2)cc1. The van der Waals surface area contributed by atoms with Gasteiger partial charge < -0.3 is 15.0 Å². The molecule has 1 N–H and O–H groups in total. The second-order valence-corrected chi connectivity index (χ2v) is 6.45. The molecule has 0 bridgehead atoms. The number of hydrogen-bond donors (Lipinski definition) is 1. The van der Waals surface area contributed by atoms with E-state index in [0.717, 1.165) is 43.1 Å². The molecule has 0 atom stereocenters. The summed E-state index contributed by atoms with van der Waals surface area (Å²) in [5.41, 5.74) is 2.19. The molecule has 0 aliphatic rings. The molecule has 5 heteroatoms. The summed E-state index contributed by atoms with van der Waals surface area (Å²) >= 11 is 1.73. The van der Waals surface area contributed by atoms with Gasteiger partial charge in [0.2, 0.25) is 0 Å². The molecule has 22 heavy (non-hydrogen) atoms. The Morgan fingerprint density at radius 1 is 1.18 bits per heavy atom. The van der Waals surface area contributed by atoms with Gasteiger partial charge in [-0.15, -0.1) is 11.3 Å². The van der Waals surface area contributed by atoms with Gasteiger partial charge in [0, 0.05) is 23.9 Å². The quantitative estimate of drug-likeness (QED) is 0.721. The third-order valence-electron chi connectivity index (χ3n) is 3.41. The van der Waals surface area contributed by atoms with E-state index in [0.29, 0.717) is 0 Å². The van der Waals surface area contributed by atoms with Crippen LogP contribution in [0.15, 0.2) is 29.6 Å². The fraction of sp³-hybridized carbons (Fsp3) is 0.471. The van der Waals surface area contributed by atoms with Crippen molar-refractivity contribution in [2.45, 2.75) is 12.8 Å². The smallest absolute Gasteiger partial charge is 0.118 e. The molecule has 2 rings (SSSR count). The molecular weight excluding hydrogens is 294 g/mol. The fourth-order valence-electron chi connectivity index (χ4n) is 2.16. The Hall–Kier alpha value is -1.43. The number of nitrogens with zero attached hydrogens (tertiary/aromatic N) is 2. The highest BCUT2D eigenvalue weighted by molar-refractivity contribution is 7.09. The van der Waals surface area contributed by atoms with Crippen molar-refractivity contribution in [2.75, 3.05) is 40.8 Å². The van der Waals surface area contributed by atoms with E-state index < -0.39 is 0 Å². The molecule has 0 saturated carbocycles. The molecule has 0 spiro atoms. The van der Waals surface area contributed by atoms with Gasteiger partial charge in [0.15, 0.2) is 0 Å². The molecular formula is C17H25N3OS. The van der Waals surface area contributed by atoms with Gasteiger partial charge in [0.05, 0.1) is 17.8 Å². The maximum Gasteiger partial charge on any atom is 0.118 e. The first-order chi connectivity index (χ1) is 10.7. The number of rotatable bonds is 9. The van der Waals surface area contributed by atoms with Crippen LogP contribution >= 0.6 is 11.3 Å². The van der Waals surface area contributed by atoms with Crippen molar-refractivity contribution >= 4 is 11.3 Å². The van der Waals surface area contributed by atoms with Gasteiger partial charge in [-0.3, -0.25) is 0 Å². The van der Waals surface area contributed by atoms with E-state index in [1.165, 1.54) is 11.4 Å². The molecule has 0 aliphatic heterocycles. The number of methoxy groups -OCH3 is 1. The number of nitrogens with one attached hydrogen (secondary N) is 1. The standard InChI is InChI=1S/C17H25N3OS/c1-20(2)12-4-10-18-11-9-17-19-16(13-22-17)14-5-7-15(21-3)8-6-14/h5-8,13,18H,4,9-12H2,1-3H3. The van der Waals surface area contributed by atoms with Crippen LogP contribution in [0.3, 0.4) is 0 Å². The molecule has 0 aliphatic carbocycles. The summed E-state index contributed by atoms with van der Waals surface area (Å²) in [4.78, 5) is 6.92. The molecule has 2 aromatic rings. The number of ether oxygens (including phenoxy) is 1. The van der Waals surface area contributed by atoms with Crippen LogP contribution in [0.5, 0.6) is 5.75 Å². The van der Waals surface area contributed by atoms with Crippen LogP contribution in [0, 0.1) is 0 Å². The van der Waals surface area contributed by atoms with Crippen LogP contribution in [0.1, 0.15) is 11.4 Å². The molecule has 0 saturated heterocycles. The minimum atomic E-state index is 0.876. The van der Waals surface area contributed by atoms with Crippen LogP contribution in [0.2, 0.25) is 0 Å². The first-order valence-electron chi connectivity index (χ1n) is 7.63. The Labute approximate surface area is 137 Å². The summed E-state index contributed by atoms with van der Waals surface area (Å²) < 4.78 is 5.18. The summed E-state index contributed by atoms with van der Waals surface area (Å²) in [6.45, 7) is 3.18. The molecule has 1 heterocycles. The Kier molecular flexibility index (Phi) is 6.83. The van der Waals surface area contributed by atoms with Gasteiger partial charge in [-0.05, 0) is 57.9 Å². The van der Waals surface area contributed by atoms with Crippen LogP contribution in [-0.2, 0) is 6.42 Å². The zero-order valence-electron chi connectivity index (χ0n) is 13.6. The van der Waals surface area contributed by atoms with Crippen LogP contribution in [0.25, 0.3) is 11.3 Å². The minimum absolute atomic E-state index is 0.876. The van der Waals surface area contributed by atoms with Crippen molar-refractivity contribution in [1.29, 1.82) is 0 Å². The van der Waals surface area contributed by atoms with Crippen LogP contribution in [-0.4, -0.2) is 50.7 Å². The van der Waals surface area contributed by atoms with E-state index in [9.17, 15) is 0 Å². The third-order valence-corrected chi connectivity index (χ3v) is 4.32. The average Bonchev–Trinajstić information content (AvgIpc) is 2.99. The zero-order chi connectivity index (χ0) is 15.8. The first kappa shape index (κ1) is 16.9. The van der Waals surface area contributed by atoms with Crippen LogP contribution < -0.4 is 10.1 Å². The highest BCUT2D eigenvalue weighted by Crippen LogP contribution is 2.24. The lowest BCUT2D eigenvalue weighted by Gasteiger charge is -2.09. The minimum Gasteiger partial charge on any atom is -0.497 e. The molecule has 120 valence electrons. The van der Waals surface area contributed by atoms with E-state index in [1.54, 1.807) is 18.4 Å². The molecule has 0 unspecified atom stereocenters. The molecule has 4 nitrogen and oxygen atoms in total. The number of hydrogen-bond acceptors (Lipinski definition) is 5. The van der Waals surface area contributed by atoms with Gasteiger partial charge in [0.1, 0.15) is 5.75 Å². The molecule has 0 fully saturated rings. The Morgan fingerprint density at radius 2 is 1.95 bits per heavy atom. The highest BCUT2D eigenvalue weighted by Gasteiger charge is 2.04. The van der Waals surface area contributed by atoms with Crippen molar-refractivity contribution in [3.63, 3.8) is 0 Å². The van der Waals surface area contributed by atoms with E-state index in [4.69, 9.17) is 9.72 Å². The Bertz CT molecular complexity index is 551. The fourth-order valence-corrected chi connectivity index (χ4v) is 2.97. The first-order valence-corrected chi connectivity index (χ1v) is 8.51. The molecule has 0 radical (unpaired) electrons. The second kappa shape index (κ2) is 8.88. The normalized spacial score (nSPS) is 11.1. The monoisotopic (exact) mass is 319 g/mol. The number of thiazole rings is 1. The molecule has 1 aromatic heterocycles.